The van der Waals surface area contributed by atoms with Gasteiger partial charge in [-0.2, -0.15) is 0 Å². The highest BCUT2D eigenvalue weighted by molar-refractivity contribution is 5.65. The quantitative estimate of drug-likeness (QED) is 0.621. The molecule has 1 aromatic rings. The van der Waals surface area contributed by atoms with Crippen molar-refractivity contribution in [3.63, 3.8) is 0 Å². The molecule has 1 rings (SSSR count). The summed E-state index contributed by atoms with van der Waals surface area (Å²) in [7, 11) is 0. The van der Waals surface area contributed by atoms with Crippen LogP contribution in [0.5, 0.6) is 0 Å². The van der Waals surface area contributed by atoms with Crippen LogP contribution in [0.25, 0.3) is 5.57 Å². The largest absolute Gasteiger partial charge is 0.0958 e. The summed E-state index contributed by atoms with van der Waals surface area (Å²) < 4.78 is 0. The molecule has 0 amide bonds. The molecular formula is C16H20. The molecule has 0 fully saturated rings. The first kappa shape index (κ1) is 12.5. The molecule has 0 bridgehead atoms. The second-order valence-electron chi connectivity index (χ2n) is 4.09. The first-order chi connectivity index (χ1) is 7.63. The molecule has 0 aliphatic rings. The van der Waals surface area contributed by atoms with Crippen LogP contribution in [0.3, 0.4) is 0 Å². The van der Waals surface area contributed by atoms with Gasteiger partial charge in [-0.05, 0) is 31.4 Å². The Morgan fingerprint density at radius 1 is 1.25 bits per heavy atom. The number of hydrogen-bond acceptors (Lipinski definition) is 0. The molecule has 1 aromatic carbocycles. The lowest BCUT2D eigenvalue weighted by Gasteiger charge is -2.00. The number of benzene rings is 1. The molecule has 0 nitrogen and oxygen atoms in total. The first-order valence-electron chi connectivity index (χ1n) is 5.73. The minimum absolute atomic E-state index is 1.01. The average molecular weight is 212 g/mol. The summed E-state index contributed by atoms with van der Waals surface area (Å²) in [5, 5.41) is 0. The first-order valence-corrected chi connectivity index (χ1v) is 5.73. The number of hydrogen-bond donors (Lipinski definition) is 0. The number of allylic oxidation sites excluding steroid dienone is 5. The van der Waals surface area contributed by atoms with Crippen molar-refractivity contribution < 1.29 is 0 Å². The fourth-order valence-electron chi connectivity index (χ4n) is 1.36. The van der Waals surface area contributed by atoms with E-state index in [1.165, 1.54) is 16.7 Å². The fourth-order valence-corrected chi connectivity index (χ4v) is 1.36. The molecule has 0 aromatic heterocycles. The topological polar surface area (TPSA) is 0 Å². The number of aryl methyl sites for hydroxylation is 1. The second-order valence-corrected chi connectivity index (χ2v) is 4.09. The molecule has 0 aliphatic carbocycles. The minimum atomic E-state index is 1.01. The molecule has 0 radical (unpaired) electrons. The summed E-state index contributed by atoms with van der Waals surface area (Å²) in [6.07, 6.45) is 7.28. The van der Waals surface area contributed by atoms with Gasteiger partial charge in [0.1, 0.15) is 0 Å². The highest BCUT2D eigenvalue weighted by atomic mass is 14.0. The van der Waals surface area contributed by atoms with Crippen LogP contribution in [0, 0.1) is 6.92 Å². The molecular weight excluding hydrogens is 192 g/mol. The van der Waals surface area contributed by atoms with Crippen molar-refractivity contribution in [2.45, 2.75) is 27.2 Å². The SMILES string of the molecule is C=C(/C=C\C=C(/C)c1ccc(C)cc1)CC. The van der Waals surface area contributed by atoms with Crippen molar-refractivity contribution in [2.24, 2.45) is 0 Å². The fraction of sp³-hybridized carbons (Fsp3) is 0.250. The third kappa shape index (κ3) is 3.90. The van der Waals surface area contributed by atoms with Gasteiger partial charge in [-0.3, -0.25) is 0 Å². The lowest BCUT2D eigenvalue weighted by Crippen LogP contribution is -1.79. The zero-order valence-corrected chi connectivity index (χ0v) is 10.5. The third-order valence-corrected chi connectivity index (χ3v) is 2.64. The van der Waals surface area contributed by atoms with E-state index in [-0.39, 0.29) is 0 Å². The lowest BCUT2D eigenvalue weighted by molar-refractivity contribution is 1.16. The molecule has 0 heteroatoms. The Balaban J connectivity index is 2.74. The summed E-state index contributed by atoms with van der Waals surface area (Å²) in [6.45, 7) is 10.3. The highest BCUT2D eigenvalue weighted by Crippen LogP contribution is 2.14. The van der Waals surface area contributed by atoms with Crippen LogP contribution >= 0.6 is 0 Å². The summed E-state index contributed by atoms with van der Waals surface area (Å²) in [5.41, 5.74) is 5.01. The van der Waals surface area contributed by atoms with Gasteiger partial charge < -0.3 is 0 Å². The Morgan fingerprint density at radius 3 is 2.44 bits per heavy atom. The molecule has 84 valence electrons. The van der Waals surface area contributed by atoms with E-state index in [0.29, 0.717) is 0 Å². The van der Waals surface area contributed by atoms with Crippen LogP contribution in [0.1, 0.15) is 31.4 Å². The molecule has 0 N–H and O–H groups in total. The maximum atomic E-state index is 3.94. The average Bonchev–Trinajstić information content (AvgIpc) is 2.29. The molecule has 0 saturated heterocycles. The normalized spacial score (nSPS) is 12.1. The van der Waals surface area contributed by atoms with Gasteiger partial charge >= 0.3 is 0 Å². The van der Waals surface area contributed by atoms with E-state index in [0.717, 1.165) is 12.0 Å². The molecule has 16 heavy (non-hydrogen) atoms. The summed E-state index contributed by atoms with van der Waals surface area (Å²) >= 11 is 0. The van der Waals surface area contributed by atoms with Gasteiger partial charge in [0.25, 0.3) is 0 Å². The van der Waals surface area contributed by atoms with Crippen LogP contribution < -0.4 is 0 Å². The van der Waals surface area contributed by atoms with Crippen molar-refractivity contribution in [1.82, 2.24) is 0 Å². The van der Waals surface area contributed by atoms with Gasteiger partial charge in [-0.1, -0.05) is 67.1 Å². The van der Waals surface area contributed by atoms with Gasteiger partial charge in [0.15, 0.2) is 0 Å². The summed E-state index contributed by atoms with van der Waals surface area (Å²) in [6, 6.07) is 8.59. The summed E-state index contributed by atoms with van der Waals surface area (Å²) in [5.74, 6) is 0. The maximum Gasteiger partial charge on any atom is -0.0227 e. The molecule has 0 saturated carbocycles. The van der Waals surface area contributed by atoms with Crippen molar-refractivity contribution >= 4 is 5.57 Å². The Kier molecular flexibility index (Phi) is 4.78. The van der Waals surface area contributed by atoms with Gasteiger partial charge in [0.2, 0.25) is 0 Å². The van der Waals surface area contributed by atoms with E-state index in [1.807, 2.05) is 0 Å². The predicted molar refractivity (Wildman–Crippen MR) is 73.4 cm³/mol. The van der Waals surface area contributed by atoms with Gasteiger partial charge in [-0.15, -0.1) is 0 Å². The second kappa shape index (κ2) is 6.12. The Morgan fingerprint density at radius 2 is 1.88 bits per heavy atom. The van der Waals surface area contributed by atoms with E-state index >= 15 is 0 Å². The van der Waals surface area contributed by atoms with E-state index in [9.17, 15) is 0 Å². The van der Waals surface area contributed by atoms with E-state index in [4.69, 9.17) is 0 Å². The molecule has 0 aliphatic heterocycles. The molecule has 0 spiro atoms. The van der Waals surface area contributed by atoms with E-state index in [2.05, 4.69) is 69.8 Å². The highest BCUT2D eigenvalue weighted by Gasteiger charge is 1.92. The lowest BCUT2D eigenvalue weighted by atomic mass is 10.1. The van der Waals surface area contributed by atoms with Crippen LogP contribution in [0.2, 0.25) is 0 Å². The zero-order chi connectivity index (χ0) is 12.0. The molecule has 0 atom stereocenters. The number of rotatable bonds is 4. The van der Waals surface area contributed by atoms with E-state index < -0.39 is 0 Å². The standard InChI is InChI=1S/C16H20/c1-5-13(2)7-6-8-15(4)16-11-9-14(3)10-12-16/h6-12H,2,5H2,1,3-4H3/b7-6-,15-8+. The van der Waals surface area contributed by atoms with Crippen molar-refractivity contribution in [1.29, 1.82) is 0 Å². The van der Waals surface area contributed by atoms with Crippen molar-refractivity contribution in [3.8, 4) is 0 Å². The smallest absolute Gasteiger partial charge is 0.0227 e. The van der Waals surface area contributed by atoms with Crippen LogP contribution in [-0.4, -0.2) is 0 Å². The minimum Gasteiger partial charge on any atom is -0.0958 e. The van der Waals surface area contributed by atoms with Crippen molar-refractivity contribution in [3.05, 3.63) is 65.8 Å². The monoisotopic (exact) mass is 212 g/mol. The molecule has 0 heterocycles. The van der Waals surface area contributed by atoms with Crippen molar-refractivity contribution in [2.75, 3.05) is 0 Å². The molecule has 0 unspecified atom stereocenters. The Labute approximate surface area is 99.0 Å². The van der Waals surface area contributed by atoms with Gasteiger partial charge in [-0.25, -0.2) is 0 Å². The zero-order valence-electron chi connectivity index (χ0n) is 10.5. The van der Waals surface area contributed by atoms with Crippen LogP contribution in [-0.2, 0) is 0 Å². The summed E-state index contributed by atoms with van der Waals surface area (Å²) in [4.78, 5) is 0. The third-order valence-electron chi connectivity index (χ3n) is 2.64. The van der Waals surface area contributed by atoms with Gasteiger partial charge in [0, 0.05) is 0 Å². The maximum absolute atomic E-state index is 3.94. The predicted octanol–water partition coefficient (Wildman–Crippen LogP) is 4.92. The van der Waals surface area contributed by atoms with Crippen LogP contribution in [0.4, 0.5) is 0 Å². The Bertz CT molecular complexity index is 402. The van der Waals surface area contributed by atoms with Crippen LogP contribution in [0.15, 0.2) is 54.6 Å². The van der Waals surface area contributed by atoms with Gasteiger partial charge in [0.05, 0.1) is 0 Å². The van der Waals surface area contributed by atoms with E-state index in [1.54, 1.807) is 0 Å². The Hall–Kier alpha value is -1.56.